The predicted molar refractivity (Wildman–Crippen MR) is 172 cm³/mol. The first kappa shape index (κ1) is 33.7. The highest BCUT2D eigenvalue weighted by Crippen LogP contribution is 2.31. The van der Waals surface area contributed by atoms with Crippen molar-refractivity contribution in [3.8, 4) is 0 Å². The second-order valence-electron chi connectivity index (χ2n) is 10.5. The van der Waals surface area contributed by atoms with E-state index in [0.29, 0.717) is 23.0 Å². The summed E-state index contributed by atoms with van der Waals surface area (Å²) in [5, 5.41) is 4.12. The fourth-order valence-electron chi connectivity index (χ4n) is 4.42. The molecule has 3 aromatic carbocycles. The molecule has 0 radical (unpaired) electrons. The molecule has 0 bridgehead atoms. The Morgan fingerprint density at radius 2 is 1.52 bits per heavy atom. The van der Waals surface area contributed by atoms with Crippen molar-refractivity contribution < 1.29 is 18.0 Å². The molecule has 0 aliphatic heterocycles. The first-order chi connectivity index (χ1) is 19.8. The van der Waals surface area contributed by atoms with Crippen LogP contribution in [-0.2, 0) is 32.6 Å². The summed E-state index contributed by atoms with van der Waals surface area (Å²) in [4.78, 5) is 29.0. The number of sulfonamides is 1. The minimum Gasteiger partial charge on any atom is -0.354 e. The summed E-state index contributed by atoms with van der Waals surface area (Å²) >= 11 is 18.5. The third-order valence-corrected chi connectivity index (χ3v) is 8.54. The van der Waals surface area contributed by atoms with Crippen LogP contribution in [0.15, 0.2) is 72.8 Å². The van der Waals surface area contributed by atoms with Gasteiger partial charge in [-0.25, -0.2) is 8.42 Å². The number of nitrogens with one attached hydrogen (secondary N) is 1. The second kappa shape index (κ2) is 15.6. The summed E-state index contributed by atoms with van der Waals surface area (Å²) in [6.45, 7) is 4.66. The van der Waals surface area contributed by atoms with E-state index in [4.69, 9.17) is 34.8 Å². The van der Waals surface area contributed by atoms with Crippen molar-refractivity contribution >= 4 is 62.3 Å². The maximum Gasteiger partial charge on any atom is 0.243 e. The van der Waals surface area contributed by atoms with E-state index >= 15 is 0 Å². The van der Waals surface area contributed by atoms with Crippen LogP contribution in [0.1, 0.15) is 37.8 Å². The molecule has 2 amide bonds. The van der Waals surface area contributed by atoms with E-state index in [1.165, 1.54) is 12.1 Å². The molecule has 1 unspecified atom stereocenters. The van der Waals surface area contributed by atoms with Crippen LogP contribution in [0.25, 0.3) is 0 Å². The highest BCUT2D eigenvalue weighted by molar-refractivity contribution is 7.92. The third kappa shape index (κ3) is 10.2. The lowest BCUT2D eigenvalue weighted by molar-refractivity contribution is -0.141. The number of rotatable bonds is 14. The van der Waals surface area contributed by atoms with Crippen LogP contribution in [0.4, 0.5) is 5.69 Å². The van der Waals surface area contributed by atoms with Gasteiger partial charge in [0.1, 0.15) is 6.04 Å². The second-order valence-corrected chi connectivity index (χ2v) is 13.7. The van der Waals surface area contributed by atoms with Gasteiger partial charge in [-0.1, -0.05) is 91.1 Å². The van der Waals surface area contributed by atoms with Crippen molar-refractivity contribution in [1.29, 1.82) is 0 Å². The summed E-state index contributed by atoms with van der Waals surface area (Å²) < 4.78 is 26.5. The van der Waals surface area contributed by atoms with E-state index in [0.717, 1.165) is 21.7 Å². The van der Waals surface area contributed by atoms with E-state index in [2.05, 4.69) is 5.32 Å². The fraction of sp³-hybridized carbons (Fsp3) is 0.355. The van der Waals surface area contributed by atoms with Gasteiger partial charge < -0.3 is 10.2 Å². The average Bonchev–Trinajstić information content (AvgIpc) is 2.94. The van der Waals surface area contributed by atoms with Gasteiger partial charge in [-0.3, -0.25) is 13.9 Å². The van der Waals surface area contributed by atoms with Crippen molar-refractivity contribution in [2.24, 2.45) is 5.92 Å². The van der Waals surface area contributed by atoms with Crippen LogP contribution in [-0.4, -0.2) is 50.5 Å². The topological polar surface area (TPSA) is 86.8 Å². The van der Waals surface area contributed by atoms with Crippen LogP contribution in [0.3, 0.4) is 0 Å². The number of nitrogens with zero attached hydrogens (tertiary/aromatic N) is 2. The molecule has 7 nitrogen and oxygen atoms in total. The lowest BCUT2D eigenvalue weighted by atomic mass is 10.0. The summed E-state index contributed by atoms with van der Waals surface area (Å²) in [6, 6.07) is 20.4. The first-order valence-electron chi connectivity index (χ1n) is 13.6. The Labute approximate surface area is 263 Å². The number of halogens is 3. The quantitative estimate of drug-likeness (QED) is 0.213. The molecule has 0 aliphatic rings. The van der Waals surface area contributed by atoms with Crippen molar-refractivity contribution in [1.82, 2.24) is 10.2 Å². The zero-order chi connectivity index (χ0) is 30.9. The molecular weight excluding hydrogens is 617 g/mol. The maximum absolute atomic E-state index is 13.9. The summed E-state index contributed by atoms with van der Waals surface area (Å²) in [5.74, 6) is -0.304. The van der Waals surface area contributed by atoms with E-state index in [9.17, 15) is 18.0 Å². The van der Waals surface area contributed by atoms with Crippen molar-refractivity contribution in [3.63, 3.8) is 0 Å². The highest BCUT2D eigenvalue weighted by atomic mass is 35.5. The Bertz CT molecular complexity index is 1450. The van der Waals surface area contributed by atoms with Gasteiger partial charge in [0.2, 0.25) is 21.8 Å². The van der Waals surface area contributed by atoms with Gasteiger partial charge in [0.15, 0.2) is 0 Å². The average molecular weight is 653 g/mol. The summed E-state index contributed by atoms with van der Waals surface area (Å²) in [7, 11) is -3.73. The largest absolute Gasteiger partial charge is 0.354 e. The molecule has 0 heterocycles. The predicted octanol–water partition coefficient (Wildman–Crippen LogP) is 6.61. The summed E-state index contributed by atoms with van der Waals surface area (Å²) in [6.07, 6.45) is 1.59. The van der Waals surface area contributed by atoms with Gasteiger partial charge in [-0.05, 0) is 53.8 Å². The van der Waals surface area contributed by atoms with E-state index in [1.54, 1.807) is 23.1 Å². The van der Waals surface area contributed by atoms with Crippen LogP contribution in [0, 0.1) is 5.92 Å². The van der Waals surface area contributed by atoms with E-state index in [-0.39, 0.29) is 54.4 Å². The molecule has 0 fully saturated rings. The number of anilines is 1. The smallest absolute Gasteiger partial charge is 0.243 e. The third-order valence-electron chi connectivity index (χ3n) is 6.55. The van der Waals surface area contributed by atoms with Gasteiger partial charge >= 0.3 is 0 Å². The molecule has 226 valence electrons. The van der Waals surface area contributed by atoms with Crippen molar-refractivity contribution in [2.45, 2.75) is 45.7 Å². The molecule has 1 N–H and O–H groups in total. The lowest BCUT2D eigenvalue weighted by Crippen LogP contribution is -2.51. The number of amides is 2. The molecular formula is C31H36Cl3N3O4S. The van der Waals surface area contributed by atoms with E-state index < -0.39 is 16.1 Å². The van der Waals surface area contributed by atoms with Gasteiger partial charge in [0.25, 0.3) is 0 Å². The lowest BCUT2D eigenvalue weighted by Gasteiger charge is -2.32. The molecule has 11 heteroatoms. The standard InChI is InChI=1S/C31H36Cl3N3O4S/c1-22(2)20-35-31(39)29(18-23-8-5-4-6-9-23)36(21-24-11-13-25(32)14-12-24)30(38)10-7-17-37(42(3,40)41)28-19-26(33)15-16-27(28)34/h4-6,8-9,11-16,19,22,29H,7,10,17-18,20-21H2,1-3H3,(H,35,39). The minimum absolute atomic E-state index is 0.000540. The molecule has 0 spiro atoms. The van der Waals surface area contributed by atoms with Crippen molar-refractivity contribution in [2.75, 3.05) is 23.7 Å². The van der Waals surface area contributed by atoms with Gasteiger partial charge in [0, 0.05) is 42.5 Å². The normalized spacial score (nSPS) is 12.2. The Balaban J connectivity index is 1.89. The number of hydrogen-bond acceptors (Lipinski definition) is 4. The molecule has 0 aromatic heterocycles. The van der Waals surface area contributed by atoms with Gasteiger partial charge in [-0.2, -0.15) is 0 Å². The van der Waals surface area contributed by atoms with Gasteiger partial charge in [0.05, 0.1) is 17.0 Å². The molecule has 3 rings (SSSR count). The van der Waals surface area contributed by atoms with Gasteiger partial charge in [-0.15, -0.1) is 0 Å². The molecule has 42 heavy (non-hydrogen) atoms. The number of carbonyl (C=O) groups excluding carboxylic acids is 2. The molecule has 1 atom stereocenters. The zero-order valence-electron chi connectivity index (χ0n) is 23.9. The minimum atomic E-state index is -3.73. The van der Waals surface area contributed by atoms with Crippen LogP contribution in [0.2, 0.25) is 15.1 Å². The summed E-state index contributed by atoms with van der Waals surface area (Å²) in [5.41, 5.74) is 1.97. The molecule has 3 aromatic rings. The zero-order valence-corrected chi connectivity index (χ0v) is 27.0. The van der Waals surface area contributed by atoms with E-state index in [1.807, 2.05) is 56.3 Å². The van der Waals surface area contributed by atoms with Crippen molar-refractivity contribution in [3.05, 3.63) is 99.0 Å². The molecule has 0 saturated carbocycles. The monoisotopic (exact) mass is 651 g/mol. The Kier molecular flexibility index (Phi) is 12.5. The van der Waals surface area contributed by atoms with Crippen LogP contribution >= 0.6 is 34.8 Å². The number of benzene rings is 3. The van der Waals surface area contributed by atoms with Crippen LogP contribution < -0.4 is 9.62 Å². The molecule has 0 aliphatic carbocycles. The Morgan fingerprint density at radius 3 is 2.14 bits per heavy atom. The molecule has 0 saturated heterocycles. The number of hydrogen-bond donors (Lipinski definition) is 1. The first-order valence-corrected chi connectivity index (χ1v) is 16.6. The maximum atomic E-state index is 13.9. The fourth-order valence-corrected chi connectivity index (χ4v) is 5.95. The van der Waals surface area contributed by atoms with Crippen LogP contribution in [0.5, 0.6) is 0 Å². The highest BCUT2D eigenvalue weighted by Gasteiger charge is 2.31. The SMILES string of the molecule is CC(C)CNC(=O)C(Cc1ccccc1)N(Cc1ccc(Cl)cc1)C(=O)CCCN(c1cc(Cl)ccc1Cl)S(C)(=O)=O. The Morgan fingerprint density at radius 1 is 0.881 bits per heavy atom. The number of carbonyl (C=O) groups is 2. The Hall–Kier alpha value is -2.78.